The van der Waals surface area contributed by atoms with E-state index in [2.05, 4.69) is 9.97 Å². The van der Waals surface area contributed by atoms with Crippen LogP contribution in [0.2, 0.25) is 0 Å². The maximum absolute atomic E-state index is 12.4. The molecule has 6 nitrogen and oxygen atoms in total. The van der Waals surface area contributed by atoms with Crippen LogP contribution in [0.25, 0.3) is 10.6 Å². The first-order valence-electron chi connectivity index (χ1n) is 7.17. The van der Waals surface area contributed by atoms with Crippen molar-refractivity contribution in [3.05, 3.63) is 24.5 Å². The van der Waals surface area contributed by atoms with Crippen LogP contribution in [0.1, 0.15) is 20.8 Å². The number of hydrogen-bond acceptors (Lipinski definition) is 6. The van der Waals surface area contributed by atoms with Gasteiger partial charge in [0.2, 0.25) is 0 Å². The molecule has 0 N–H and O–H groups in total. The van der Waals surface area contributed by atoms with Crippen molar-refractivity contribution in [1.82, 2.24) is 9.97 Å². The van der Waals surface area contributed by atoms with Crippen LogP contribution in [-0.4, -0.2) is 36.1 Å². The van der Waals surface area contributed by atoms with Crippen molar-refractivity contribution in [3.63, 3.8) is 0 Å². The molecule has 2 aromatic heterocycles. The van der Waals surface area contributed by atoms with Gasteiger partial charge in [0.15, 0.2) is 13.4 Å². The Hall–Kier alpha value is -2.40. The fourth-order valence-corrected chi connectivity index (χ4v) is 3.01. The number of nitrogens with zero attached hydrogens (tertiary/aromatic N) is 4. The standard InChI is InChI=1S/C15H17BN4O2S/c1-4-20(14(21)22-15(2,3)9-17)13-11(16)19-12(23-13)10-6-5-7-18-8-10/h5-8H,4,16H2,1-3H3. The van der Waals surface area contributed by atoms with Crippen molar-refractivity contribution in [2.24, 2.45) is 0 Å². The summed E-state index contributed by atoms with van der Waals surface area (Å²) in [6, 6.07) is 5.72. The second-order valence-corrected chi connectivity index (χ2v) is 6.36. The molecule has 8 heteroatoms. The van der Waals surface area contributed by atoms with E-state index in [1.807, 2.05) is 33.0 Å². The summed E-state index contributed by atoms with van der Waals surface area (Å²) < 4.78 is 5.26. The first-order valence-corrected chi connectivity index (χ1v) is 7.99. The summed E-state index contributed by atoms with van der Waals surface area (Å²) in [5.74, 6) is 0. The van der Waals surface area contributed by atoms with E-state index in [1.54, 1.807) is 26.2 Å². The third-order valence-corrected chi connectivity index (χ3v) is 4.30. The van der Waals surface area contributed by atoms with E-state index in [4.69, 9.17) is 10.00 Å². The number of pyridine rings is 1. The van der Waals surface area contributed by atoms with Crippen molar-refractivity contribution >= 4 is 35.9 Å². The molecule has 1 amide bonds. The van der Waals surface area contributed by atoms with E-state index in [0.29, 0.717) is 11.5 Å². The number of nitriles is 1. The molecule has 118 valence electrons. The largest absolute Gasteiger partial charge is 0.428 e. The van der Waals surface area contributed by atoms with Gasteiger partial charge in [-0.25, -0.2) is 9.78 Å². The predicted octanol–water partition coefficient (Wildman–Crippen LogP) is 1.73. The van der Waals surface area contributed by atoms with Gasteiger partial charge in [0.1, 0.15) is 16.1 Å². The third-order valence-electron chi connectivity index (χ3n) is 3.07. The Kier molecular flexibility index (Phi) is 5.01. The summed E-state index contributed by atoms with van der Waals surface area (Å²) in [5, 5.41) is 10.5. The highest BCUT2D eigenvalue weighted by Gasteiger charge is 2.28. The van der Waals surface area contributed by atoms with Crippen molar-refractivity contribution in [2.45, 2.75) is 26.4 Å². The number of carbonyl (C=O) groups is 1. The van der Waals surface area contributed by atoms with Gasteiger partial charge in [0.25, 0.3) is 0 Å². The van der Waals surface area contributed by atoms with E-state index in [-0.39, 0.29) is 0 Å². The van der Waals surface area contributed by atoms with Crippen molar-refractivity contribution in [1.29, 1.82) is 5.26 Å². The fraction of sp³-hybridized carbons (Fsp3) is 0.333. The van der Waals surface area contributed by atoms with Gasteiger partial charge in [-0.2, -0.15) is 5.26 Å². The normalized spacial score (nSPS) is 10.9. The lowest BCUT2D eigenvalue weighted by Gasteiger charge is -2.24. The molecule has 0 spiro atoms. The first kappa shape index (κ1) is 17.0. The highest BCUT2D eigenvalue weighted by Crippen LogP contribution is 2.29. The minimum Gasteiger partial charge on any atom is -0.428 e. The summed E-state index contributed by atoms with van der Waals surface area (Å²) >= 11 is 1.40. The Morgan fingerprint density at radius 1 is 1.57 bits per heavy atom. The Balaban J connectivity index is 2.31. The van der Waals surface area contributed by atoms with Crippen molar-refractivity contribution in [2.75, 3.05) is 11.4 Å². The van der Waals surface area contributed by atoms with Crippen LogP contribution in [0, 0.1) is 11.3 Å². The molecule has 2 heterocycles. The topological polar surface area (TPSA) is 79.1 Å². The van der Waals surface area contributed by atoms with Crippen molar-refractivity contribution < 1.29 is 9.53 Å². The molecule has 23 heavy (non-hydrogen) atoms. The van der Waals surface area contributed by atoms with Gasteiger partial charge in [-0.05, 0) is 32.9 Å². The Bertz CT molecular complexity index is 740. The second-order valence-electron chi connectivity index (χ2n) is 5.39. The molecule has 0 unspecified atom stereocenters. The molecule has 0 saturated heterocycles. The molecule has 0 aliphatic heterocycles. The van der Waals surface area contributed by atoms with Gasteiger partial charge >= 0.3 is 6.09 Å². The predicted molar refractivity (Wildman–Crippen MR) is 92.7 cm³/mol. The molecular weight excluding hydrogens is 311 g/mol. The molecule has 0 radical (unpaired) electrons. The molecule has 0 saturated carbocycles. The highest BCUT2D eigenvalue weighted by atomic mass is 32.1. The zero-order valence-corrected chi connectivity index (χ0v) is 14.3. The Labute approximate surface area is 140 Å². The van der Waals surface area contributed by atoms with E-state index in [0.717, 1.165) is 16.2 Å². The van der Waals surface area contributed by atoms with E-state index >= 15 is 0 Å². The molecule has 2 aromatic rings. The molecule has 0 aliphatic carbocycles. The molecule has 0 bridgehead atoms. The van der Waals surface area contributed by atoms with Gasteiger partial charge < -0.3 is 4.74 Å². The van der Waals surface area contributed by atoms with Crippen LogP contribution in [-0.2, 0) is 4.74 Å². The van der Waals surface area contributed by atoms with Crippen LogP contribution < -0.4 is 10.5 Å². The smallest absolute Gasteiger partial charge is 0.416 e. The third kappa shape index (κ3) is 3.87. The lowest BCUT2D eigenvalue weighted by Crippen LogP contribution is -2.39. The summed E-state index contributed by atoms with van der Waals surface area (Å²) in [6.45, 7) is 5.39. The fourth-order valence-electron chi connectivity index (χ4n) is 1.90. The number of ether oxygens (including phenoxy) is 1. The molecule has 0 fully saturated rings. The van der Waals surface area contributed by atoms with Crippen molar-refractivity contribution in [3.8, 4) is 16.6 Å². The van der Waals surface area contributed by atoms with Gasteiger partial charge in [0.05, 0.1) is 0 Å². The summed E-state index contributed by atoms with van der Waals surface area (Å²) in [4.78, 5) is 22.5. The number of hydrogen-bond donors (Lipinski definition) is 0. The number of carbonyl (C=O) groups excluding carboxylic acids is 1. The van der Waals surface area contributed by atoms with E-state index in [9.17, 15) is 4.79 Å². The van der Waals surface area contributed by atoms with Crippen LogP contribution >= 0.6 is 11.3 Å². The maximum Gasteiger partial charge on any atom is 0.416 e. The average Bonchev–Trinajstić information content (AvgIpc) is 2.90. The number of aromatic nitrogens is 2. The van der Waals surface area contributed by atoms with E-state index in [1.165, 1.54) is 16.2 Å². The minimum absolute atomic E-state index is 0.426. The Morgan fingerprint density at radius 3 is 2.87 bits per heavy atom. The van der Waals surface area contributed by atoms with Crippen LogP contribution in [0.5, 0.6) is 0 Å². The molecule has 0 atom stereocenters. The first-order chi connectivity index (χ1) is 10.9. The summed E-state index contributed by atoms with van der Waals surface area (Å²) in [7, 11) is 1.84. The van der Waals surface area contributed by atoms with Gasteiger partial charge in [0, 0.05) is 30.1 Å². The van der Waals surface area contributed by atoms with E-state index < -0.39 is 11.7 Å². The number of rotatable bonds is 4. The summed E-state index contributed by atoms with van der Waals surface area (Å²) in [5.41, 5.74) is 0.464. The minimum atomic E-state index is -1.17. The number of anilines is 1. The lowest BCUT2D eigenvalue weighted by molar-refractivity contribution is 0.0831. The number of amides is 1. The SMILES string of the molecule is Bc1nc(-c2cccnc2)sc1N(CC)C(=O)OC(C)(C)C#N. The zero-order valence-electron chi connectivity index (χ0n) is 13.5. The molecule has 0 aliphatic rings. The molecule has 0 aromatic carbocycles. The van der Waals surface area contributed by atoms with Gasteiger partial charge in [-0.1, -0.05) is 11.3 Å². The molecular formula is C15H17BN4O2S. The summed E-state index contributed by atoms with van der Waals surface area (Å²) in [6.07, 6.45) is 2.88. The lowest BCUT2D eigenvalue weighted by atomic mass is 10.1. The van der Waals surface area contributed by atoms with Gasteiger partial charge in [-0.3, -0.25) is 9.88 Å². The Morgan fingerprint density at radius 2 is 2.30 bits per heavy atom. The average molecular weight is 328 g/mol. The second kappa shape index (κ2) is 6.79. The highest BCUT2D eigenvalue weighted by molar-refractivity contribution is 7.20. The number of thiazole rings is 1. The van der Waals surface area contributed by atoms with Crippen LogP contribution in [0.15, 0.2) is 24.5 Å². The zero-order chi connectivity index (χ0) is 17.0. The van der Waals surface area contributed by atoms with Crippen LogP contribution in [0.4, 0.5) is 9.80 Å². The quantitative estimate of drug-likeness (QED) is 0.799. The molecule has 2 rings (SSSR count). The monoisotopic (exact) mass is 328 g/mol. The van der Waals surface area contributed by atoms with Gasteiger partial charge in [-0.15, -0.1) is 0 Å². The maximum atomic E-state index is 12.4. The van der Waals surface area contributed by atoms with Crippen LogP contribution in [0.3, 0.4) is 0 Å².